The minimum atomic E-state index is -3.10. The smallest absolute Gasteiger partial charge is 0.152 e. The summed E-state index contributed by atoms with van der Waals surface area (Å²) in [6, 6.07) is 0. The van der Waals surface area contributed by atoms with E-state index < -0.39 is 15.4 Å². The minimum Gasteiger partial charge on any atom is -0.378 e. The molecule has 2 N–H and O–H groups in total. The van der Waals surface area contributed by atoms with Gasteiger partial charge in [0.15, 0.2) is 9.84 Å². The normalized spacial score (nSPS) is 13.5. The summed E-state index contributed by atoms with van der Waals surface area (Å²) in [4.78, 5) is 0. The van der Waals surface area contributed by atoms with Gasteiger partial charge in [0.05, 0.1) is 50.1 Å². The first-order valence-electron chi connectivity index (χ1n) is 7.70. The van der Waals surface area contributed by atoms with Gasteiger partial charge < -0.3 is 19.9 Å². The van der Waals surface area contributed by atoms with E-state index in [2.05, 4.69) is 0 Å². The summed E-state index contributed by atoms with van der Waals surface area (Å²) in [6.45, 7) is 11.6. The van der Waals surface area contributed by atoms with Crippen molar-refractivity contribution in [3.63, 3.8) is 0 Å². The Bertz CT molecular complexity index is 382. The Morgan fingerprint density at radius 2 is 1.32 bits per heavy atom. The fourth-order valence-corrected chi connectivity index (χ4v) is 2.85. The predicted octanol–water partition coefficient (Wildman–Crippen LogP) is 1.38. The first-order chi connectivity index (χ1) is 9.91. The maximum Gasteiger partial charge on any atom is 0.152 e. The topological polar surface area (TPSA) is 87.9 Å². The zero-order valence-electron chi connectivity index (χ0n) is 14.7. The predicted molar refractivity (Wildman–Crippen MR) is 88.9 cm³/mol. The summed E-state index contributed by atoms with van der Waals surface area (Å²) in [6.07, 6.45) is 0.451. The second kappa shape index (κ2) is 9.82. The second-order valence-corrected chi connectivity index (χ2v) is 9.38. The third-order valence-corrected chi connectivity index (χ3v) is 4.35. The van der Waals surface area contributed by atoms with Crippen LogP contribution in [0.25, 0.3) is 0 Å². The molecule has 0 spiro atoms. The Labute approximate surface area is 135 Å². The molecule has 0 amide bonds. The molecule has 0 aromatic rings. The number of rotatable bonds is 12. The Balaban J connectivity index is 3.53. The van der Waals surface area contributed by atoms with Gasteiger partial charge in [-0.1, -0.05) is 0 Å². The molecule has 0 aromatic carbocycles. The van der Waals surface area contributed by atoms with Crippen LogP contribution in [0.2, 0.25) is 0 Å². The van der Waals surface area contributed by atoms with Crippen LogP contribution in [0, 0.1) is 0 Å². The van der Waals surface area contributed by atoms with Gasteiger partial charge in [0.25, 0.3) is 0 Å². The molecule has 0 radical (unpaired) electrons. The molecule has 134 valence electrons. The van der Waals surface area contributed by atoms with E-state index in [1.165, 1.54) is 0 Å². The van der Waals surface area contributed by atoms with E-state index in [4.69, 9.17) is 19.9 Å². The molecule has 6 nitrogen and oxygen atoms in total. The maximum absolute atomic E-state index is 11.8. The first-order valence-corrected chi connectivity index (χ1v) is 9.52. The average Bonchev–Trinajstić information content (AvgIpc) is 2.32. The third-order valence-electron chi connectivity index (χ3n) is 2.73. The van der Waals surface area contributed by atoms with E-state index >= 15 is 0 Å². The number of ether oxygens (including phenoxy) is 3. The van der Waals surface area contributed by atoms with Crippen molar-refractivity contribution in [3.8, 4) is 0 Å². The molecule has 0 unspecified atom stereocenters. The standard InChI is InChI=1S/C15H33NO5S/c1-14(2,3)21-10-9-19-7-8-20-11-13-22(17,18)12-6-15(4,5)16/h6-13,16H2,1-5H3. The van der Waals surface area contributed by atoms with E-state index in [1.807, 2.05) is 34.6 Å². The molecular weight excluding hydrogens is 306 g/mol. The molecular formula is C15H33NO5S. The highest BCUT2D eigenvalue weighted by molar-refractivity contribution is 7.91. The fourth-order valence-electron chi connectivity index (χ4n) is 1.44. The number of hydrogen-bond acceptors (Lipinski definition) is 6. The van der Waals surface area contributed by atoms with Crippen LogP contribution in [0.15, 0.2) is 0 Å². The van der Waals surface area contributed by atoms with E-state index in [9.17, 15) is 8.42 Å². The average molecular weight is 339 g/mol. The zero-order chi connectivity index (χ0) is 17.3. The first kappa shape index (κ1) is 21.8. The molecule has 0 rings (SSSR count). The van der Waals surface area contributed by atoms with Gasteiger partial charge in [0.2, 0.25) is 0 Å². The molecule has 0 aromatic heterocycles. The molecule has 0 fully saturated rings. The van der Waals surface area contributed by atoms with Crippen molar-refractivity contribution in [2.75, 3.05) is 44.5 Å². The molecule has 0 atom stereocenters. The molecule has 0 bridgehead atoms. The highest BCUT2D eigenvalue weighted by Gasteiger charge is 2.17. The van der Waals surface area contributed by atoms with E-state index in [-0.39, 0.29) is 23.7 Å². The lowest BCUT2D eigenvalue weighted by atomic mass is 10.0. The van der Waals surface area contributed by atoms with Crippen LogP contribution in [0.3, 0.4) is 0 Å². The van der Waals surface area contributed by atoms with Crippen molar-refractivity contribution >= 4 is 9.84 Å². The van der Waals surface area contributed by atoms with Gasteiger partial charge in [-0.25, -0.2) is 8.42 Å². The molecule has 0 saturated carbocycles. The van der Waals surface area contributed by atoms with Crippen LogP contribution in [0.4, 0.5) is 0 Å². The third kappa shape index (κ3) is 16.2. The van der Waals surface area contributed by atoms with Gasteiger partial charge in [-0.05, 0) is 41.0 Å². The number of sulfone groups is 1. The SMILES string of the molecule is CC(C)(N)CCS(=O)(=O)CCOCCOCCOC(C)(C)C. The highest BCUT2D eigenvalue weighted by Crippen LogP contribution is 2.07. The van der Waals surface area contributed by atoms with Gasteiger partial charge in [-0.3, -0.25) is 0 Å². The molecule has 0 aliphatic heterocycles. The van der Waals surface area contributed by atoms with E-state index in [0.717, 1.165) is 0 Å². The summed E-state index contributed by atoms with van der Waals surface area (Å²) in [5.74, 6) is 0.122. The number of hydrogen-bond donors (Lipinski definition) is 1. The fraction of sp³-hybridized carbons (Fsp3) is 1.00. The molecule has 0 saturated heterocycles. The molecule has 0 aliphatic carbocycles. The zero-order valence-corrected chi connectivity index (χ0v) is 15.5. The highest BCUT2D eigenvalue weighted by atomic mass is 32.2. The van der Waals surface area contributed by atoms with Gasteiger partial charge in [0, 0.05) is 5.54 Å². The Hall–Kier alpha value is -0.210. The second-order valence-electron chi connectivity index (χ2n) is 7.08. The van der Waals surface area contributed by atoms with Crippen LogP contribution in [-0.4, -0.2) is 64.1 Å². The van der Waals surface area contributed by atoms with Crippen molar-refractivity contribution in [1.29, 1.82) is 0 Å². The van der Waals surface area contributed by atoms with Crippen molar-refractivity contribution in [1.82, 2.24) is 0 Å². The minimum absolute atomic E-state index is 0.0240. The summed E-state index contributed by atoms with van der Waals surface area (Å²) in [5, 5.41) is 0. The van der Waals surface area contributed by atoms with Gasteiger partial charge in [-0.15, -0.1) is 0 Å². The molecule has 0 aliphatic rings. The maximum atomic E-state index is 11.8. The lowest BCUT2D eigenvalue weighted by molar-refractivity contribution is -0.0418. The van der Waals surface area contributed by atoms with Crippen molar-refractivity contribution in [2.45, 2.75) is 52.2 Å². The monoisotopic (exact) mass is 339 g/mol. The van der Waals surface area contributed by atoms with Gasteiger partial charge in [-0.2, -0.15) is 0 Å². The molecule has 22 heavy (non-hydrogen) atoms. The van der Waals surface area contributed by atoms with Crippen molar-refractivity contribution < 1.29 is 22.6 Å². The lowest BCUT2D eigenvalue weighted by Crippen LogP contribution is -2.34. The van der Waals surface area contributed by atoms with Gasteiger partial charge >= 0.3 is 0 Å². The molecule has 7 heteroatoms. The summed E-state index contributed by atoms with van der Waals surface area (Å²) >= 11 is 0. The van der Waals surface area contributed by atoms with Gasteiger partial charge in [0.1, 0.15) is 0 Å². The molecule has 0 heterocycles. The summed E-state index contributed by atoms with van der Waals surface area (Å²) in [7, 11) is -3.10. The van der Waals surface area contributed by atoms with E-state index in [0.29, 0.717) is 32.8 Å². The Morgan fingerprint density at radius 1 is 0.818 bits per heavy atom. The Kier molecular flexibility index (Phi) is 9.73. The summed E-state index contributed by atoms with van der Waals surface area (Å²) in [5.41, 5.74) is 5.16. The van der Waals surface area contributed by atoms with Crippen LogP contribution in [-0.2, 0) is 24.0 Å². The Morgan fingerprint density at radius 3 is 1.82 bits per heavy atom. The van der Waals surface area contributed by atoms with E-state index in [1.54, 1.807) is 0 Å². The lowest BCUT2D eigenvalue weighted by Gasteiger charge is -2.19. The largest absolute Gasteiger partial charge is 0.378 e. The van der Waals surface area contributed by atoms with Crippen LogP contribution < -0.4 is 5.73 Å². The summed E-state index contributed by atoms with van der Waals surface area (Å²) < 4.78 is 39.6. The van der Waals surface area contributed by atoms with Crippen LogP contribution >= 0.6 is 0 Å². The number of nitrogens with two attached hydrogens (primary N) is 1. The quantitative estimate of drug-likeness (QED) is 0.540. The van der Waals surface area contributed by atoms with Crippen LogP contribution in [0.1, 0.15) is 41.0 Å². The van der Waals surface area contributed by atoms with Crippen molar-refractivity contribution in [3.05, 3.63) is 0 Å². The van der Waals surface area contributed by atoms with Crippen LogP contribution in [0.5, 0.6) is 0 Å². The van der Waals surface area contributed by atoms with Crippen molar-refractivity contribution in [2.24, 2.45) is 5.73 Å².